The van der Waals surface area contributed by atoms with Crippen molar-refractivity contribution in [1.82, 2.24) is 10.3 Å². The summed E-state index contributed by atoms with van der Waals surface area (Å²) in [6.45, 7) is 2.29. The van der Waals surface area contributed by atoms with E-state index in [4.69, 9.17) is 4.74 Å². The number of methoxy groups -OCH3 is 1. The van der Waals surface area contributed by atoms with Gasteiger partial charge in [0.1, 0.15) is 5.75 Å². The molecular formula is C13H16N2O. The summed E-state index contributed by atoms with van der Waals surface area (Å²) < 4.78 is 5.21. The fourth-order valence-electron chi connectivity index (χ4n) is 2.70. The van der Waals surface area contributed by atoms with Gasteiger partial charge in [0.2, 0.25) is 0 Å². The zero-order valence-electron chi connectivity index (χ0n) is 9.44. The van der Waals surface area contributed by atoms with Crippen molar-refractivity contribution in [2.24, 2.45) is 11.8 Å². The van der Waals surface area contributed by atoms with Crippen LogP contribution in [-0.2, 0) is 0 Å². The predicted molar refractivity (Wildman–Crippen MR) is 63.2 cm³/mol. The third kappa shape index (κ3) is 1.61. The molecule has 1 aliphatic carbocycles. The van der Waals surface area contributed by atoms with E-state index in [1.54, 1.807) is 13.3 Å². The fraction of sp³-hybridized carbons (Fsp3) is 0.462. The van der Waals surface area contributed by atoms with E-state index in [2.05, 4.69) is 22.4 Å². The molecule has 16 heavy (non-hydrogen) atoms. The van der Waals surface area contributed by atoms with E-state index >= 15 is 0 Å². The van der Waals surface area contributed by atoms with Gasteiger partial charge in [0.05, 0.1) is 13.3 Å². The van der Waals surface area contributed by atoms with Crippen LogP contribution in [0.3, 0.4) is 0 Å². The summed E-state index contributed by atoms with van der Waals surface area (Å²) in [7, 11) is 1.68. The highest BCUT2D eigenvalue weighted by Crippen LogP contribution is 2.38. The molecule has 0 radical (unpaired) electrons. The first-order valence-electron chi connectivity index (χ1n) is 5.77. The third-order valence-electron chi connectivity index (χ3n) is 3.61. The van der Waals surface area contributed by atoms with Crippen LogP contribution < -0.4 is 10.1 Å². The number of pyridine rings is 1. The van der Waals surface area contributed by atoms with E-state index in [1.807, 2.05) is 6.20 Å². The zero-order chi connectivity index (χ0) is 11.0. The number of aromatic nitrogens is 1. The molecule has 0 bridgehead atoms. The second-order valence-electron chi connectivity index (χ2n) is 4.59. The summed E-state index contributed by atoms with van der Waals surface area (Å²) in [6, 6.07) is 2.08. The van der Waals surface area contributed by atoms with Gasteiger partial charge in [0, 0.05) is 12.7 Å². The van der Waals surface area contributed by atoms with Crippen LogP contribution in [0.4, 0.5) is 0 Å². The first kappa shape index (κ1) is 9.85. The predicted octanol–water partition coefficient (Wildman–Crippen LogP) is 1.71. The Labute approximate surface area is 95.5 Å². The number of nitrogens with one attached hydrogen (secondary N) is 1. The molecule has 3 nitrogen and oxygen atoms in total. The van der Waals surface area contributed by atoms with Gasteiger partial charge in [0.15, 0.2) is 0 Å². The Morgan fingerprint density at radius 2 is 2.31 bits per heavy atom. The molecule has 0 amide bonds. The van der Waals surface area contributed by atoms with Crippen molar-refractivity contribution < 1.29 is 4.74 Å². The van der Waals surface area contributed by atoms with Crippen LogP contribution in [0.15, 0.2) is 24.5 Å². The minimum absolute atomic E-state index is 0.723. The number of ether oxygens (including phenoxy) is 1. The van der Waals surface area contributed by atoms with E-state index in [1.165, 1.54) is 17.6 Å². The Morgan fingerprint density at radius 1 is 1.38 bits per heavy atom. The lowest BCUT2D eigenvalue weighted by molar-refractivity contribution is 0.412. The lowest BCUT2D eigenvalue weighted by atomic mass is 9.99. The van der Waals surface area contributed by atoms with Gasteiger partial charge in [-0.1, -0.05) is 6.08 Å². The third-order valence-corrected chi connectivity index (χ3v) is 3.61. The second kappa shape index (κ2) is 3.91. The molecule has 2 aliphatic rings. The average Bonchev–Trinajstić information content (AvgIpc) is 2.89. The number of allylic oxidation sites excluding steroid dienone is 1. The maximum Gasteiger partial charge on any atom is 0.137 e. The number of nitrogens with zero attached hydrogens (tertiary/aromatic N) is 1. The molecule has 1 N–H and O–H groups in total. The minimum Gasteiger partial charge on any atom is -0.495 e. The van der Waals surface area contributed by atoms with E-state index in [-0.39, 0.29) is 0 Å². The fourth-order valence-corrected chi connectivity index (χ4v) is 2.70. The maximum atomic E-state index is 5.21. The van der Waals surface area contributed by atoms with Crippen LogP contribution >= 0.6 is 0 Å². The summed E-state index contributed by atoms with van der Waals surface area (Å²) in [5.41, 5.74) is 2.65. The van der Waals surface area contributed by atoms with Crippen LogP contribution in [0.25, 0.3) is 5.57 Å². The molecule has 1 aromatic rings. The monoisotopic (exact) mass is 216 g/mol. The largest absolute Gasteiger partial charge is 0.495 e. The van der Waals surface area contributed by atoms with Crippen LogP contribution in [-0.4, -0.2) is 25.2 Å². The van der Waals surface area contributed by atoms with Crippen molar-refractivity contribution in [3.63, 3.8) is 0 Å². The smallest absolute Gasteiger partial charge is 0.137 e. The molecule has 2 heterocycles. The average molecular weight is 216 g/mol. The Hall–Kier alpha value is -1.35. The minimum atomic E-state index is 0.723. The zero-order valence-corrected chi connectivity index (χ0v) is 9.44. The Balaban J connectivity index is 1.87. The van der Waals surface area contributed by atoms with Crippen LogP contribution in [0.2, 0.25) is 0 Å². The summed E-state index contributed by atoms with van der Waals surface area (Å²) in [4.78, 5) is 4.21. The molecule has 0 unspecified atom stereocenters. The van der Waals surface area contributed by atoms with Gasteiger partial charge in [-0.25, -0.2) is 0 Å². The molecule has 1 aromatic heterocycles. The molecule has 1 aliphatic heterocycles. The number of fused-ring (bicyclic) bond motifs is 1. The van der Waals surface area contributed by atoms with Crippen molar-refractivity contribution in [2.75, 3.05) is 20.2 Å². The highest BCUT2D eigenvalue weighted by molar-refractivity contribution is 5.68. The summed E-state index contributed by atoms with van der Waals surface area (Å²) >= 11 is 0. The molecule has 0 aromatic carbocycles. The Kier molecular flexibility index (Phi) is 2.40. The van der Waals surface area contributed by atoms with Crippen molar-refractivity contribution in [3.8, 4) is 5.75 Å². The van der Waals surface area contributed by atoms with Crippen molar-refractivity contribution in [3.05, 3.63) is 30.1 Å². The molecular weight excluding hydrogens is 200 g/mol. The quantitative estimate of drug-likeness (QED) is 0.817. The maximum absolute atomic E-state index is 5.21. The van der Waals surface area contributed by atoms with Gasteiger partial charge in [-0.15, -0.1) is 0 Å². The first-order valence-corrected chi connectivity index (χ1v) is 5.77. The highest BCUT2D eigenvalue weighted by atomic mass is 16.5. The molecule has 0 spiro atoms. The lowest BCUT2D eigenvalue weighted by Gasteiger charge is -2.07. The SMILES string of the molecule is COc1cncc(C2=C[C@H]3CNC[C@H]3C2)c1. The normalized spacial score (nSPS) is 27.7. The van der Waals surface area contributed by atoms with Gasteiger partial charge in [-0.3, -0.25) is 4.98 Å². The molecule has 2 atom stereocenters. The highest BCUT2D eigenvalue weighted by Gasteiger charge is 2.31. The van der Waals surface area contributed by atoms with Crippen LogP contribution in [0.5, 0.6) is 5.75 Å². The van der Waals surface area contributed by atoms with E-state index in [0.29, 0.717) is 0 Å². The van der Waals surface area contributed by atoms with Gasteiger partial charge in [-0.05, 0) is 42.0 Å². The van der Waals surface area contributed by atoms with Crippen molar-refractivity contribution in [1.29, 1.82) is 0 Å². The van der Waals surface area contributed by atoms with Gasteiger partial charge < -0.3 is 10.1 Å². The first-order chi connectivity index (χ1) is 7.86. The van der Waals surface area contributed by atoms with Gasteiger partial charge in [0.25, 0.3) is 0 Å². The second-order valence-corrected chi connectivity index (χ2v) is 4.59. The van der Waals surface area contributed by atoms with Gasteiger partial charge >= 0.3 is 0 Å². The molecule has 1 fully saturated rings. The van der Waals surface area contributed by atoms with Crippen LogP contribution in [0, 0.1) is 11.8 Å². The summed E-state index contributed by atoms with van der Waals surface area (Å²) in [5.74, 6) is 2.36. The number of hydrogen-bond donors (Lipinski definition) is 1. The molecule has 1 saturated heterocycles. The molecule has 0 saturated carbocycles. The van der Waals surface area contributed by atoms with Crippen molar-refractivity contribution >= 4 is 5.57 Å². The van der Waals surface area contributed by atoms with E-state index < -0.39 is 0 Å². The standard InChI is InChI=1S/C13H16N2O/c1-16-13-4-12(7-15-8-13)9-2-10-5-14-6-11(10)3-9/h2,4,7-8,10-11,14H,3,5-6H2,1H3/t10-,11+/m0/s1. The Bertz CT molecular complexity index is 428. The molecule has 84 valence electrons. The topological polar surface area (TPSA) is 34.1 Å². The molecule has 3 rings (SSSR count). The van der Waals surface area contributed by atoms with Crippen LogP contribution in [0.1, 0.15) is 12.0 Å². The molecule has 3 heteroatoms. The summed E-state index contributed by atoms with van der Waals surface area (Å²) in [5, 5.41) is 3.43. The number of rotatable bonds is 2. The van der Waals surface area contributed by atoms with Crippen molar-refractivity contribution in [2.45, 2.75) is 6.42 Å². The lowest BCUT2D eigenvalue weighted by Crippen LogP contribution is -2.09. The van der Waals surface area contributed by atoms with Gasteiger partial charge in [-0.2, -0.15) is 0 Å². The van der Waals surface area contributed by atoms with E-state index in [0.717, 1.165) is 30.7 Å². The van der Waals surface area contributed by atoms with E-state index in [9.17, 15) is 0 Å². The Morgan fingerprint density at radius 3 is 3.12 bits per heavy atom. The number of hydrogen-bond acceptors (Lipinski definition) is 3. The summed E-state index contributed by atoms with van der Waals surface area (Å²) in [6.07, 6.45) is 7.26.